The van der Waals surface area contributed by atoms with Crippen molar-refractivity contribution in [3.05, 3.63) is 131 Å². The van der Waals surface area contributed by atoms with Gasteiger partial charge in [-0.1, -0.05) is 84.9 Å². The molecule has 0 aliphatic heterocycles. The molecule has 156 valence electrons. The summed E-state index contributed by atoms with van der Waals surface area (Å²) in [5, 5.41) is 3.33. The van der Waals surface area contributed by atoms with Gasteiger partial charge in [0.2, 0.25) is 0 Å². The smallest absolute Gasteiger partial charge is 0.255 e. The van der Waals surface area contributed by atoms with Crippen molar-refractivity contribution in [3.8, 4) is 11.1 Å². The summed E-state index contributed by atoms with van der Waals surface area (Å²) in [5.41, 5.74) is 5.00. The van der Waals surface area contributed by atoms with E-state index in [2.05, 4.69) is 53.9 Å². The molecule has 0 bridgehead atoms. The maximum atomic E-state index is 13.9. The van der Waals surface area contributed by atoms with Gasteiger partial charge in [0.05, 0.1) is 0 Å². The lowest BCUT2D eigenvalue weighted by Gasteiger charge is -2.24. The number of fused-ring (bicyclic) bond motifs is 1. The van der Waals surface area contributed by atoms with Crippen molar-refractivity contribution in [3.63, 3.8) is 0 Å². The van der Waals surface area contributed by atoms with E-state index in [9.17, 15) is 4.79 Å². The summed E-state index contributed by atoms with van der Waals surface area (Å²) in [7, 11) is 0. The van der Waals surface area contributed by atoms with E-state index in [-0.39, 0.29) is 5.91 Å². The fourth-order valence-corrected chi connectivity index (χ4v) is 4.82. The lowest BCUT2D eigenvalue weighted by Crippen LogP contribution is -2.30. The van der Waals surface area contributed by atoms with E-state index in [4.69, 9.17) is 0 Å². The van der Waals surface area contributed by atoms with E-state index in [1.165, 1.54) is 10.1 Å². The number of thiophene rings is 1. The van der Waals surface area contributed by atoms with Crippen molar-refractivity contribution in [1.29, 1.82) is 0 Å². The average molecular weight is 434 g/mol. The Morgan fingerprint density at radius 3 is 2.19 bits per heavy atom. The van der Waals surface area contributed by atoms with E-state index in [0.717, 1.165) is 27.8 Å². The summed E-state index contributed by atoms with van der Waals surface area (Å²) in [6, 6.07) is 36.8. The lowest BCUT2D eigenvalue weighted by molar-refractivity contribution is 0.0731. The molecular weight excluding hydrogens is 410 g/mol. The third-order valence-electron chi connectivity index (χ3n) is 5.64. The second kappa shape index (κ2) is 9.21. The van der Waals surface area contributed by atoms with Crippen LogP contribution in [0.1, 0.15) is 21.5 Å². The van der Waals surface area contributed by atoms with Crippen molar-refractivity contribution in [2.45, 2.75) is 13.1 Å². The maximum Gasteiger partial charge on any atom is 0.255 e. The van der Waals surface area contributed by atoms with Crippen LogP contribution in [0.4, 0.5) is 0 Å². The number of rotatable bonds is 6. The average Bonchev–Trinajstić information content (AvgIpc) is 3.32. The van der Waals surface area contributed by atoms with Gasteiger partial charge in [0, 0.05) is 23.4 Å². The number of amides is 1. The summed E-state index contributed by atoms with van der Waals surface area (Å²) in [6.07, 6.45) is 0. The lowest BCUT2D eigenvalue weighted by atomic mass is 9.98. The van der Waals surface area contributed by atoms with Gasteiger partial charge in [-0.25, -0.2) is 0 Å². The number of hydrogen-bond acceptors (Lipinski definition) is 2. The van der Waals surface area contributed by atoms with E-state index in [1.807, 2.05) is 65.6 Å². The van der Waals surface area contributed by atoms with Gasteiger partial charge in [-0.2, -0.15) is 0 Å². The Morgan fingerprint density at radius 2 is 1.38 bits per heavy atom. The van der Waals surface area contributed by atoms with Crippen LogP contribution in [0, 0.1) is 0 Å². The Kier molecular flexibility index (Phi) is 5.82. The van der Waals surface area contributed by atoms with E-state index < -0.39 is 0 Å². The second-order valence-corrected chi connectivity index (χ2v) is 8.80. The molecule has 1 heterocycles. The number of hydrogen-bond donors (Lipinski definition) is 0. The maximum absolute atomic E-state index is 13.9. The molecule has 0 fully saturated rings. The minimum atomic E-state index is 0.0405. The van der Waals surface area contributed by atoms with Gasteiger partial charge in [-0.05, 0) is 57.3 Å². The minimum Gasteiger partial charge on any atom is -0.330 e. The van der Waals surface area contributed by atoms with Gasteiger partial charge in [-0.15, -0.1) is 11.3 Å². The first kappa shape index (κ1) is 20.2. The highest BCUT2D eigenvalue weighted by Gasteiger charge is 2.20. The Bertz CT molecular complexity index is 1340. The van der Waals surface area contributed by atoms with Gasteiger partial charge in [0.25, 0.3) is 5.91 Å². The van der Waals surface area contributed by atoms with E-state index in [1.54, 1.807) is 11.3 Å². The molecule has 4 aromatic carbocycles. The van der Waals surface area contributed by atoms with Gasteiger partial charge < -0.3 is 4.90 Å². The zero-order valence-electron chi connectivity index (χ0n) is 17.6. The first-order valence-corrected chi connectivity index (χ1v) is 11.6. The molecule has 2 nitrogen and oxygen atoms in total. The fourth-order valence-electron chi connectivity index (χ4n) is 4.05. The normalized spacial score (nSPS) is 10.9. The largest absolute Gasteiger partial charge is 0.330 e. The van der Waals surface area contributed by atoms with Gasteiger partial charge >= 0.3 is 0 Å². The van der Waals surface area contributed by atoms with E-state index in [0.29, 0.717) is 13.1 Å². The predicted molar refractivity (Wildman–Crippen MR) is 134 cm³/mol. The monoisotopic (exact) mass is 433 g/mol. The first-order chi connectivity index (χ1) is 15.8. The summed E-state index contributed by atoms with van der Waals surface area (Å²) >= 11 is 1.74. The Balaban J connectivity index is 1.52. The van der Waals surface area contributed by atoms with Crippen LogP contribution in [0.15, 0.2) is 115 Å². The summed E-state index contributed by atoms with van der Waals surface area (Å²) in [6.45, 7) is 1.12. The molecule has 0 aliphatic carbocycles. The van der Waals surface area contributed by atoms with Crippen molar-refractivity contribution >= 4 is 27.3 Å². The van der Waals surface area contributed by atoms with Crippen molar-refractivity contribution in [1.82, 2.24) is 4.90 Å². The van der Waals surface area contributed by atoms with Crippen LogP contribution in [0.3, 0.4) is 0 Å². The molecule has 3 heteroatoms. The summed E-state index contributed by atoms with van der Waals surface area (Å²) in [5.74, 6) is 0.0405. The topological polar surface area (TPSA) is 20.3 Å². The number of carbonyl (C=O) groups is 1. The molecular formula is C29H23NOS. The van der Waals surface area contributed by atoms with Crippen LogP contribution in [0.2, 0.25) is 0 Å². The van der Waals surface area contributed by atoms with Crippen LogP contribution in [-0.4, -0.2) is 10.8 Å². The number of nitrogens with zero attached hydrogens (tertiary/aromatic N) is 1. The Morgan fingerprint density at radius 1 is 0.688 bits per heavy atom. The second-order valence-electron chi connectivity index (χ2n) is 7.85. The molecule has 0 aliphatic rings. The molecule has 1 amide bonds. The summed E-state index contributed by atoms with van der Waals surface area (Å²) in [4.78, 5) is 15.8. The number of benzene rings is 4. The van der Waals surface area contributed by atoms with Crippen LogP contribution in [0.5, 0.6) is 0 Å². The summed E-state index contributed by atoms with van der Waals surface area (Å²) < 4.78 is 1.27. The molecule has 0 atom stereocenters. The minimum absolute atomic E-state index is 0.0405. The molecule has 5 aromatic rings. The van der Waals surface area contributed by atoms with Crippen molar-refractivity contribution < 1.29 is 4.79 Å². The van der Waals surface area contributed by atoms with Gasteiger partial charge in [0.1, 0.15) is 0 Å². The molecule has 0 unspecified atom stereocenters. The number of carbonyl (C=O) groups excluding carboxylic acids is 1. The highest BCUT2D eigenvalue weighted by atomic mass is 32.1. The SMILES string of the molecule is O=C(c1ccccc1-c1ccccc1)N(Cc1ccccc1)Cc1ccc2sccc2c1. The molecule has 0 spiro atoms. The zero-order chi connectivity index (χ0) is 21.8. The van der Waals surface area contributed by atoms with Crippen LogP contribution in [-0.2, 0) is 13.1 Å². The van der Waals surface area contributed by atoms with Crippen LogP contribution >= 0.6 is 11.3 Å². The highest BCUT2D eigenvalue weighted by Crippen LogP contribution is 2.27. The molecule has 0 radical (unpaired) electrons. The van der Waals surface area contributed by atoms with Gasteiger partial charge in [0.15, 0.2) is 0 Å². The standard InChI is InChI=1S/C29H23NOS/c31-29(27-14-8-7-13-26(27)24-11-5-2-6-12-24)30(20-22-9-3-1-4-10-22)21-23-15-16-28-25(19-23)17-18-32-28/h1-19H,20-21H2. The third kappa shape index (κ3) is 4.34. The quantitative estimate of drug-likeness (QED) is 0.273. The van der Waals surface area contributed by atoms with Crippen LogP contribution < -0.4 is 0 Å². The molecule has 0 saturated carbocycles. The molecule has 0 saturated heterocycles. The third-order valence-corrected chi connectivity index (χ3v) is 6.53. The Labute approximate surface area is 192 Å². The van der Waals surface area contributed by atoms with Crippen LogP contribution in [0.25, 0.3) is 21.2 Å². The molecule has 1 aromatic heterocycles. The first-order valence-electron chi connectivity index (χ1n) is 10.7. The van der Waals surface area contributed by atoms with Crippen molar-refractivity contribution in [2.75, 3.05) is 0 Å². The van der Waals surface area contributed by atoms with Crippen molar-refractivity contribution in [2.24, 2.45) is 0 Å². The highest BCUT2D eigenvalue weighted by molar-refractivity contribution is 7.17. The zero-order valence-corrected chi connectivity index (χ0v) is 18.5. The fraction of sp³-hybridized carbons (Fsp3) is 0.0690. The predicted octanol–water partition coefficient (Wildman–Crippen LogP) is 7.41. The van der Waals surface area contributed by atoms with Gasteiger partial charge in [-0.3, -0.25) is 4.79 Å². The Hall–Kier alpha value is -3.69. The molecule has 32 heavy (non-hydrogen) atoms. The molecule has 0 N–H and O–H groups in total. The molecule has 5 rings (SSSR count). The van der Waals surface area contributed by atoms with E-state index >= 15 is 0 Å².